The number of ether oxygens (including phenoxy) is 2. The first-order valence-corrected chi connectivity index (χ1v) is 9.50. The number of amides is 1. The highest BCUT2D eigenvalue weighted by molar-refractivity contribution is 6.32. The third-order valence-electron chi connectivity index (χ3n) is 4.98. The molecule has 0 aliphatic carbocycles. The number of rotatable bonds is 4. The zero-order chi connectivity index (χ0) is 18.6. The molecule has 6 heteroatoms. The minimum atomic E-state index is 0.0389. The Morgan fingerprint density at radius 3 is 2.70 bits per heavy atom. The lowest BCUT2D eigenvalue weighted by molar-refractivity contribution is -0.917. The van der Waals surface area contributed by atoms with Gasteiger partial charge < -0.3 is 19.3 Å². The lowest BCUT2D eigenvalue weighted by Gasteiger charge is -2.31. The van der Waals surface area contributed by atoms with E-state index in [2.05, 4.69) is 12.1 Å². The van der Waals surface area contributed by atoms with Gasteiger partial charge in [0.2, 0.25) is 12.7 Å². The smallest absolute Gasteiger partial charge is 0.246 e. The third-order valence-corrected chi connectivity index (χ3v) is 5.33. The number of carbonyl (C=O) groups is 1. The van der Waals surface area contributed by atoms with E-state index in [0.29, 0.717) is 11.8 Å². The van der Waals surface area contributed by atoms with E-state index in [-0.39, 0.29) is 5.91 Å². The van der Waals surface area contributed by atoms with Crippen molar-refractivity contribution in [1.82, 2.24) is 4.90 Å². The van der Waals surface area contributed by atoms with Gasteiger partial charge in [-0.3, -0.25) is 4.79 Å². The van der Waals surface area contributed by atoms with Gasteiger partial charge in [-0.05, 0) is 35.9 Å². The molecule has 1 fully saturated rings. The number of piperazine rings is 1. The normalized spacial score (nSPS) is 16.9. The summed E-state index contributed by atoms with van der Waals surface area (Å²) < 4.78 is 10.8. The molecule has 1 N–H and O–H groups in total. The summed E-state index contributed by atoms with van der Waals surface area (Å²) in [7, 11) is 0. The summed E-state index contributed by atoms with van der Waals surface area (Å²) >= 11 is 6.13. The second kappa shape index (κ2) is 8.03. The molecule has 0 aromatic heterocycles. The molecule has 1 saturated heterocycles. The molecule has 0 bridgehead atoms. The van der Waals surface area contributed by atoms with E-state index in [4.69, 9.17) is 21.1 Å². The molecule has 2 aromatic carbocycles. The van der Waals surface area contributed by atoms with Crippen molar-refractivity contribution in [2.45, 2.75) is 6.54 Å². The van der Waals surface area contributed by atoms with Crippen LogP contribution >= 0.6 is 11.6 Å². The predicted molar refractivity (Wildman–Crippen MR) is 104 cm³/mol. The standard InChI is InChI=1S/C21H21ClN2O3/c22-18-4-2-1-3-17(18)6-8-21(25)24-11-9-23(10-12-24)14-16-5-7-19-20(13-16)27-15-26-19/h1-8,13H,9-12,14-15H2/p+1/b8-6+. The van der Waals surface area contributed by atoms with E-state index in [1.165, 1.54) is 10.5 Å². The Labute approximate surface area is 163 Å². The van der Waals surface area contributed by atoms with Crippen LogP contribution in [-0.2, 0) is 11.3 Å². The van der Waals surface area contributed by atoms with Gasteiger partial charge in [-0.15, -0.1) is 0 Å². The van der Waals surface area contributed by atoms with E-state index in [0.717, 1.165) is 49.8 Å². The van der Waals surface area contributed by atoms with Crippen molar-refractivity contribution in [2.75, 3.05) is 33.0 Å². The first kappa shape index (κ1) is 17.9. The minimum Gasteiger partial charge on any atom is -0.454 e. The summed E-state index contributed by atoms with van der Waals surface area (Å²) in [6, 6.07) is 13.6. The first-order chi connectivity index (χ1) is 13.2. The fraction of sp³-hybridized carbons (Fsp3) is 0.286. The molecule has 2 aromatic rings. The molecule has 5 nitrogen and oxygen atoms in total. The van der Waals surface area contributed by atoms with Crippen LogP contribution in [0.4, 0.5) is 0 Å². The number of benzene rings is 2. The van der Waals surface area contributed by atoms with E-state index in [1.807, 2.05) is 35.2 Å². The highest BCUT2D eigenvalue weighted by Crippen LogP contribution is 2.32. The molecule has 0 radical (unpaired) electrons. The number of carbonyl (C=O) groups excluding carboxylic acids is 1. The van der Waals surface area contributed by atoms with Crippen molar-refractivity contribution in [3.63, 3.8) is 0 Å². The van der Waals surface area contributed by atoms with Crippen LogP contribution < -0.4 is 14.4 Å². The number of halogens is 1. The Bertz CT molecular complexity index is 860. The molecular weight excluding hydrogens is 364 g/mol. The van der Waals surface area contributed by atoms with Gasteiger partial charge in [0.05, 0.1) is 26.2 Å². The monoisotopic (exact) mass is 385 g/mol. The van der Waals surface area contributed by atoms with Gasteiger partial charge in [0, 0.05) is 16.7 Å². The minimum absolute atomic E-state index is 0.0389. The molecule has 0 unspecified atom stereocenters. The number of hydrogen-bond donors (Lipinski definition) is 1. The topological polar surface area (TPSA) is 43.2 Å². The second-order valence-electron chi connectivity index (χ2n) is 6.79. The zero-order valence-electron chi connectivity index (χ0n) is 15.0. The molecule has 0 saturated carbocycles. The summed E-state index contributed by atoms with van der Waals surface area (Å²) in [6.07, 6.45) is 3.40. The fourth-order valence-electron chi connectivity index (χ4n) is 3.44. The van der Waals surface area contributed by atoms with Gasteiger partial charge in [-0.25, -0.2) is 0 Å². The van der Waals surface area contributed by atoms with Gasteiger partial charge in [0.15, 0.2) is 11.5 Å². The van der Waals surface area contributed by atoms with Crippen LogP contribution in [0.15, 0.2) is 48.5 Å². The third kappa shape index (κ3) is 4.26. The quantitative estimate of drug-likeness (QED) is 0.819. The van der Waals surface area contributed by atoms with Crippen LogP contribution in [0, 0.1) is 0 Å². The van der Waals surface area contributed by atoms with Crippen molar-refractivity contribution in [3.8, 4) is 11.5 Å². The number of nitrogens with zero attached hydrogens (tertiary/aromatic N) is 1. The van der Waals surface area contributed by atoms with Gasteiger partial charge in [0.25, 0.3) is 0 Å². The Morgan fingerprint density at radius 1 is 1.11 bits per heavy atom. The molecular formula is C21H22ClN2O3+. The van der Waals surface area contributed by atoms with E-state index in [9.17, 15) is 4.79 Å². The molecule has 0 spiro atoms. The Kier molecular flexibility index (Phi) is 5.32. The van der Waals surface area contributed by atoms with Crippen LogP contribution in [0.5, 0.6) is 11.5 Å². The van der Waals surface area contributed by atoms with Crippen LogP contribution in [0.25, 0.3) is 6.08 Å². The van der Waals surface area contributed by atoms with Crippen molar-refractivity contribution in [2.24, 2.45) is 0 Å². The molecule has 2 heterocycles. The lowest BCUT2D eigenvalue weighted by atomic mass is 10.1. The molecule has 4 rings (SSSR count). The fourth-order valence-corrected chi connectivity index (χ4v) is 3.64. The summed E-state index contributed by atoms with van der Waals surface area (Å²) in [6.45, 7) is 4.60. The van der Waals surface area contributed by atoms with Crippen LogP contribution in [0.2, 0.25) is 5.02 Å². The average Bonchev–Trinajstić information content (AvgIpc) is 3.15. The van der Waals surface area contributed by atoms with E-state index < -0.39 is 0 Å². The summed E-state index contributed by atoms with van der Waals surface area (Å²) in [5.41, 5.74) is 2.09. The summed E-state index contributed by atoms with van der Waals surface area (Å²) in [4.78, 5) is 15.8. The maximum absolute atomic E-state index is 12.4. The molecule has 27 heavy (non-hydrogen) atoms. The highest BCUT2D eigenvalue weighted by Gasteiger charge is 2.23. The Morgan fingerprint density at radius 2 is 1.89 bits per heavy atom. The van der Waals surface area contributed by atoms with Gasteiger partial charge in [0.1, 0.15) is 6.54 Å². The predicted octanol–water partition coefficient (Wildman–Crippen LogP) is 2.01. The summed E-state index contributed by atoms with van der Waals surface area (Å²) in [5, 5.41) is 0.652. The Hall–Kier alpha value is -2.50. The number of fused-ring (bicyclic) bond motifs is 1. The number of nitrogens with one attached hydrogen (secondary N) is 1. The molecule has 1 amide bonds. The molecule has 140 valence electrons. The average molecular weight is 386 g/mol. The van der Waals surface area contributed by atoms with Gasteiger partial charge >= 0.3 is 0 Å². The first-order valence-electron chi connectivity index (χ1n) is 9.13. The number of quaternary nitrogens is 1. The van der Waals surface area contributed by atoms with Crippen LogP contribution in [0.3, 0.4) is 0 Å². The van der Waals surface area contributed by atoms with E-state index in [1.54, 1.807) is 12.2 Å². The summed E-state index contributed by atoms with van der Waals surface area (Å²) in [5.74, 6) is 1.68. The highest BCUT2D eigenvalue weighted by atomic mass is 35.5. The van der Waals surface area contributed by atoms with Gasteiger partial charge in [-0.1, -0.05) is 29.8 Å². The van der Waals surface area contributed by atoms with E-state index >= 15 is 0 Å². The van der Waals surface area contributed by atoms with Crippen molar-refractivity contribution < 1.29 is 19.2 Å². The van der Waals surface area contributed by atoms with Gasteiger partial charge in [-0.2, -0.15) is 0 Å². The Balaban J connectivity index is 1.29. The maximum Gasteiger partial charge on any atom is 0.246 e. The number of hydrogen-bond acceptors (Lipinski definition) is 3. The molecule has 0 atom stereocenters. The largest absolute Gasteiger partial charge is 0.454 e. The van der Waals surface area contributed by atoms with Crippen molar-refractivity contribution >= 4 is 23.6 Å². The van der Waals surface area contributed by atoms with Crippen molar-refractivity contribution in [3.05, 3.63) is 64.7 Å². The maximum atomic E-state index is 12.4. The van der Waals surface area contributed by atoms with Crippen molar-refractivity contribution in [1.29, 1.82) is 0 Å². The second-order valence-corrected chi connectivity index (χ2v) is 7.20. The zero-order valence-corrected chi connectivity index (χ0v) is 15.7. The molecule has 2 aliphatic heterocycles. The SMILES string of the molecule is O=C(/C=C/c1ccccc1Cl)N1CC[NH+](Cc2ccc3c(c2)OCO3)CC1. The van der Waals surface area contributed by atoms with Crippen LogP contribution in [-0.4, -0.2) is 43.8 Å². The molecule has 2 aliphatic rings. The van der Waals surface area contributed by atoms with Crippen LogP contribution in [0.1, 0.15) is 11.1 Å². The lowest BCUT2D eigenvalue weighted by Crippen LogP contribution is -3.13.